The molecule has 0 saturated heterocycles. The number of hydrogen-bond acceptors (Lipinski definition) is 7. The van der Waals surface area contributed by atoms with Gasteiger partial charge in [-0.1, -0.05) is 190 Å². The third kappa shape index (κ3) is 44.2. The molecule has 0 aromatic carbocycles. The van der Waals surface area contributed by atoms with Gasteiger partial charge in [-0.25, -0.2) is 0 Å². The van der Waals surface area contributed by atoms with Gasteiger partial charge in [0.15, 0.2) is 6.10 Å². The number of carbonyl (C=O) groups excluding carboxylic acids is 3. The smallest absolute Gasteiger partial charge is 0.306 e. The van der Waals surface area contributed by atoms with Gasteiger partial charge in [-0.15, -0.1) is 0 Å². The van der Waals surface area contributed by atoms with Crippen molar-refractivity contribution in [3.8, 4) is 0 Å². The molecule has 0 fully saturated rings. The number of quaternary nitrogens is 1. The van der Waals surface area contributed by atoms with Crippen molar-refractivity contribution in [2.45, 2.75) is 238 Å². The molecule has 64 heavy (non-hydrogen) atoms. The molecular formula is C56H99NO7. The van der Waals surface area contributed by atoms with Crippen LogP contribution in [0.1, 0.15) is 226 Å². The number of aliphatic carboxylic acids is 1. The van der Waals surface area contributed by atoms with Gasteiger partial charge >= 0.3 is 11.9 Å². The quantitative estimate of drug-likeness (QED) is 0.0259. The average molecular weight is 898 g/mol. The van der Waals surface area contributed by atoms with Crippen LogP contribution in [0.2, 0.25) is 0 Å². The second-order valence-corrected chi connectivity index (χ2v) is 18.8. The number of allylic oxidation sites excluding steroid dienone is 10. The molecule has 0 rings (SSSR count). The van der Waals surface area contributed by atoms with Crippen molar-refractivity contribution in [3.05, 3.63) is 60.8 Å². The second-order valence-electron chi connectivity index (χ2n) is 18.8. The molecule has 370 valence electrons. The van der Waals surface area contributed by atoms with Gasteiger partial charge in [-0.2, -0.15) is 0 Å². The number of hydrogen-bond donors (Lipinski definition) is 0. The van der Waals surface area contributed by atoms with E-state index in [2.05, 4.69) is 74.6 Å². The molecule has 0 aliphatic heterocycles. The SMILES string of the molecule is CCCCCCCC/C=C/C/C=C/C/C=C/CCCC(=O)OCC(COCCC(C(=O)[O-])[N+](C)(C)C)OC(=O)CCCCCCCCC/C=C/C/C=C/CCCCCCCCCCC. The Labute approximate surface area is 394 Å². The van der Waals surface area contributed by atoms with E-state index in [4.69, 9.17) is 14.2 Å². The Hall–Kier alpha value is -2.97. The Morgan fingerprint density at radius 2 is 0.844 bits per heavy atom. The van der Waals surface area contributed by atoms with Gasteiger partial charge in [0.25, 0.3) is 0 Å². The first kappa shape index (κ1) is 61.0. The first-order chi connectivity index (χ1) is 31.1. The van der Waals surface area contributed by atoms with Crippen LogP contribution in [0.15, 0.2) is 60.8 Å². The molecule has 0 N–H and O–H groups in total. The van der Waals surface area contributed by atoms with Crippen LogP contribution in [0.5, 0.6) is 0 Å². The van der Waals surface area contributed by atoms with E-state index in [1.165, 1.54) is 128 Å². The van der Waals surface area contributed by atoms with Crippen LogP contribution in [-0.2, 0) is 28.6 Å². The lowest BCUT2D eigenvalue weighted by molar-refractivity contribution is -0.889. The minimum Gasteiger partial charge on any atom is -0.544 e. The van der Waals surface area contributed by atoms with Crippen molar-refractivity contribution in [3.63, 3.8) is 0 Å². The van der Waals surface area contributed by atoms with Crippen LogP contribution in [0, 0.1) is 0 Å². The van der Waals surface area contributed by atoms with Gasteiger partial charge < -0.3 is 28.6 Å². The maximum absolute atomic E-state index is 12.8. The maximum Gasteiger partial charge on any atom is 0.306 e. The van der Waals surface area contributed by atoms with E-state index in [1.807, 2.05) is 0 Å². The summed E-state index contributed by atoms with van der Waals surface area (Å²) in [6.45, 7) is 4.61. The number of esters is 2. The average Bonchev–Trinajstić information content (AvgIpc) is 3.26. The highest BCUT2D eigenvalue weighted by Gasteiger charge is 2.25. The molecule has 0 saturated carbocycles. The van der Waals surface area contributed by atoms with Crippen molar-refractivity contribution in [2.75, 3.05) is 41.0 Å². The molecule has 0 amide bonds. The zero-order valence-electron chi connectivity index (χ0n) is 42.2. The van der Waals surface area contributed by atoms with E-state index >= 15 is 0 Å². The van der Waals surface area contributed by atoms with Crippen LogP contribution in [0.4, 0.5) is 0 Å². The molecule has 0 heterocycles. The number of carboxylic acid groups (broad SMARTS) is 1. The number of ether oxygens (including phenoxy) is 3. The molecule has 0 radical (unpaired) electrons. The zero-order valence-corrected chi connectivity index (χ0v) is 42.2. The van der Waals surface area contributed by atoms with Crippen LogP contribution >= 0.6 is 0 Å². The third-order valence-electron chi connectivity index (χ3n) is 11.6. The molecule has 2 atom stereocenters. The highest BCUT2D eigenvalue weighted by molar-refractivity contribution is 5.70. The van der Waals surface area contributed by atoms with Gasteiger partial charge in [0.05, 0.1) is 40.3 Å². The van der Waals surface area contributed by atoms with Crippen LogP contribution in [-0.4, -0.2) is 75.5 Å². The van der Waals surface area contributed by atoms with Crippen molar-refractivity contribution in [1.82, 2.24) is 0 Å². The fourth-order valence-electron chi connectivity index (χ4n) is 7.53. The summed E-state index contributed by atoms with van der Waals surface area (Å²) in [4.78, 5) is 37.0. The second kappa shape index (κ2) is 46.6. The van der Waals surface area contributed by atoms with Gasteiger partial charge in [0.2, 0.25) is 0 Å². The predicted octanol–water partition coefficient (Wildman–Crippen LogP) is 14.0. The van der Waals surface area contributed by atoms with Gasteiger partial charge in [-0.3, -0.25) is 9.59 Å². The van der Waals surface area contributed by atoms with E-state index in [1.54, 1.807) is 21.1 Å². The number of unbranched alkanes of at least 4 members (excludes halogenated alkanes) is 23. The summed E-state index contributed by atoms with van der Waals surface area (Å²) in [5.41, 5.74) is 0. The molecule has 0 aliphatic rings. The molecule has 8 nitrogen and oxygen atoms in total. The summed E-state index contributed by atoms with van der Waals surface area (Å²) >= 11 is 0. The fourth-order valence-corrected chi connectivity index (χ4v) is 7.53. The topological polar surface area (TPSA) is 102 Å². The number of nitrogens with zero attached hydrogens (tertiary/aromatic N) is 1. The third-order valence-corrected chi connectivity index (χ3v) is 11.6. The number of rotatable bonds is 47. The Balaban J connectivity index is 4.31. The van der Waals surface area contributed by atoms with E-state index in [0.717, 1.165) is 57.8 Å². The van der Waals surface area contributed by atoms with E-state index in [-0.39, 0.29) is 49.1 Å². The lowest BCUT2D eigenvalue weighted by Gasteiger charge is -2.34. The van der Waals surface area contributed by atoms with Crippen LogP contribution < -0.4 is 5.11 Å². The van der Waals surface area contributed by atoms with Crippen molar-refractivity contribution < 1.29 is 38.2 Å². The first-order valence-electron chi connectivity index (χ1n) is 26.3. The lowest BCUT2D eigenvalue weighted by Crippen LogP contribution is -2.55. The summed E-state index contributed by atoms with van der Waals surface area (Å²) in [6.07, 6.45) is 58.4. The van der Waals surface area contributed by atoms with Crippen molar-refractivity contribution in [1.29, 1.82) is 0 Å². The van der Waals surface area contributed by atoms with Crippen molar-refractivity contribution >= 4 is 17.9 Å². The molecule has 0 spiro atoms. The number of carbonyl (C=O) groups is 3. The minimum atomic E-state index is -1.13. The first-order valence-corrected chi connectivity index (χ1v) is 26.3. The van der Waals surface area contributed by atoms with E-state index in [0.29, 0.717) is 12.8 Å². The lowest BCUT2D eigenvalue weighted by atomic mass is 10.1. The number of likely N-dealkylation sites (N-methyl/N-ethyl adjacent to an activating group) is 1. The fraction of sp³-hybridized carbons (Fsp3) is 0.768. The molecule has 0 bridgehead atoms. The summed E-state index contributed by atoms with van der Waals surface area (Å²) in [6, 6.07) is -0.737. The molecule has 8 heteroatoms. The standard InChI is InChI=1S/C56H99NO7/c1-6-8-10-12-14-16-18-20-22-24-25-26-27-28-29-31-33-35-37-39-41-43-45-47-55(59)64-52(50-62-49-48-53(56(60)61)57(3,4)5)51-63-54(58)46-44-42-40-38-36-34-32-30-23-21-19-17-15-13-11-9-7-2/h21,23,25-26,28-29,32,34,38,40,52-53H,6-20,22,24,27,30-31,33,35-37,39,41-51H2,1-5H3/b23-21+,26-25+,29-28+,34-32+,40-38+. The normalized spacial score (nSPS) is 13.3. The Bertz CT molecular complexity index is 1230. The summed E-state index contributed by atoms with van der Waals surface area (Å²) < 4.78 is 17.2. The molecular weight excluding hydrogens is 799 g/mol. The molecule has 2 unspecified atom stereocenters. The Morgan fingerprint density at radius 1 is 0.469 bits per heavy atom. The highest BCUT2D eigenvalue weighted by atomic mass is 16.6. The summed E-state index contributed by atoms with van der Waals surface area (Å²) in [5.74, 6) is -1.81. The number of carboxylic acids is 1. The van der Waals surface area contributed by atoms with Crippen LogP contribution in [0.25, 0.3) is 0 Å². The Morgan fingerprint density at radius 3 is 1.27 bits per heavy atom. The van der Waals surface area contributed by atoms with Gasteiger partial charge in [0, 0.05) is 19.3 Å². The maximum atomic E-state index is 12.8. The van der Waals surface area contributed by atoms with Gasteiger partial charge in [-0.05, 0) is 77.0 Å². The van der Waals surface area contributed by atoms with Crippen molar-refractivity contribution in [2.24, 2.45) is 0 Å². The predicted molar refractivity (Wildman–Crippen MR) is 268 cm³/mol. The molecule has 0 aromatic heterocycles. The highest BCUT2D eigenvalue weighted by Crippen LogP contribution is 2.14. The summed E-state index contributed by atoms with van der Waals surface area (Å²) in [7, 11) is 5.40. The zero-order chi connectivity index (χ0) is 47.0. The molecule has 0 aliphatic carbocycles. The van der Waals surface area contributed by atoms with E-state index in [9.17, 15) is 19.5 Å². The molecule has 0 aromatic rings. The van der Waals surface area contributed by atoms with E-state index < -0.39 is 18.1 Å². The summed E-state index contributed by atoms with van der Waals surface area (Å²) in [5, 5.41) is 11.7. The van der Waals surface area contributed by atoms with Gasteiger partial charge in [0.1, 0.15) is 12.6 Å². The monoisotopic (exact) mass is 898 g/mol. The minimum absolute atomic E-state index is 0.0202. The Kier molecular flexibility index (Phi) is 44.4. The largest absolute Gasteiger partial charge is 0.544 e. The van der Waals surface area contributed by atoms with Crippen LogP contribution in [0.3, 0.4) is 0 Å².